The van der Waals surface area contributed by atoms with E-state index in [1.54, 1.807) is 47.4 Å². The highest BCUT2D eigenvalue weighted by atomic mass is 16.8. The van der Waals surface area contributed by atoms with E-state index in [0.29, 0.717) is 42.3 Å². The van der Waals surface area contributed by atoms with E-state index in [1.807, 2.05) is 18.2 Å². The number of aliphatic carboxylic acids is 1. The normalized spacial score (nSPS) is 14.0. The van der Waals surface area contributed by atoms with Crippen molar-refractivity contribution < 1.29 is 38.8 Å². The van der Waals surface area contributed by atoms with Crippen LogP contribution in [0, 0.1) is 0 Å². The lowest BCUT2D eigenvalue weighted by Gasteiger charge is -2.36. The van der Waals surface area contributed by atoms with Gasteiger partial charge in [0.25, 0.3) is 12.2 Å². The molecule has 3 aromatic carbocycles. The van der Waals surface area contributed by atoms with Gasteiger partial charge in [0.1, 0.15) is 5.75 Å². The molecule has 3 N–H and O–H groups in total. The van der Waals surface area contributed by atoms with Gasteiger partial charge >= 0.3 is 12.1 Å². The second-order valence-electron chi connectivity index (χ2n) is 9.30. The van der Waals surface area contributed by atoms with E-state index in [4.69, 9.17) is 24.4 Å². The highest BCUT2D eigenvalue weighted by molar-refractivity contribution is 6.05. The molecule has 4 rings (SSSR count). The number of carboxylic acids is 1. The van der Waals surface area contributed by atoms with E-state index in [9.17, 15) is 14.4 Å². The van der Waals surface area contributed by atoms with Gasteiger partial charge in [0.2, 0.25) is 0 Å². The van der Waals surface area contributed by atoms with Crippen LogP contribution in [0.3, 0.4) is 0 Å². The van der Waals surface area contributed by atoms with Crippen LogP contribution in [0.15, 0.2) is 72.8 Å². The first kappa shape index (κ1) is 28.3. The fourth-order valence-electron chi connectivity index (χ4n) is 4.41. The highest BCUT2D eigenvalue weighted by Gasteiger charge is 2.30. The minimum Gasteiger partial charge on any atom is -0.494 e. The number of nitrogens with one attached hydrogen (secondary N) is 1. The number of carbonyl (C=O) groups excluding carboxylic acids is 1. The molecule has 10 heteroatoms. The Kier molecular flexibility index (Phi) is 9.82. The van der Waals surface area contributed by atoms with Crippen molar-refractivity contribution in [3.05, 3.63) is 83.9 Å². The number of para-hydroxylation sites is 1. The number of hydrogen-bond donors (Lipinski definition) is 3. The summed E-state index contributed by atoms with van der Waals surface area (Å²) >= 11 is 0. The second kappa shape index (κ2) is 13.9. The number of aryl methyl sites for hydroxylation is 1. The van der Waals surface area contributed by atoms with Gasteiger partial charge in [-0.2, -0.15) is 0 Å². The standard InChI is InChI=1S/C30H32N2O8/c33-26(34)13-7-18-32-20-27(40-30(36)37)39-28-24(11-6-12-25(28)32)31-29(35)22-14-16-23(17-15-22)38-19-5-4-10-21-8-2-1-3-9-21/h1-3,6,8-9,11-12,14-17,27H,4-5,7,10,13,18-20H2,(H,31,35)(H,33,34)(H,36,37). The van der Waals surface area contributed by atoms with E-state index >= 15 is 0 Å². The van der Waals surface area contributed by atoms with Gasteiger partial charge in [-0.1, -0.05) is 36.4 Å². The lowest BCUT2D eigenvalue weighted by atomic mass is 10.1. The van der Waals surface area contributed by atoms with Crippen LogP contribution in [0.2, 0.25) is 0 Å². The molecule has 1 aliphatic rings. The number of fused-ring (bicyclic) bond motifs is 1. The zero-order chi connectivity index (χ0) is 28.3. The Morgan fingerprint density at radius 2 is 1.70 bits per heavy atom. The number of carbonyl (C=O) groups is 3. The summed E-state index contributed by atoms with van der Waals surface area (Å²) in [6.45, 7) is 1.01. The van der Waals surface area contributed by atoms with E-state index in [-0.39, 0.29) is 24.6 Å². The molecule has 0 saturated heterocycles. The average Bonchev–Trinajstić information content (AvgIpc) is 2.93. The molecule has 1 atom stereocenters. The summed E-state index contributed by atoms with van der Waals surface area (Å²) in [5, 5.41) is 20.9. The van der Waals surface area contributed by atoms with Crippen LogP contribution in [0.1, 0.15) is 41.6 Å². The number of anilines is 2. The Morgan fingerprint density at radius 1 is 0.925 bits per heavy atom. The zero-order valence-electron chi connectivity index (χ0n) is 22.0. The minimum atomic E-state index is -1.50. The molecule has 210 valence electrons. The van der Waals surface area contributed by atoms with Gasteiger partial charge in [0.15, 0.2) is 5.75 Å². The lowest BCUT2D eigenvalue weighted by molar-refractivity contribution is -0.137. The largest absolute Gasteiger partial charge is 0.508 e. The molecule has 0 bridgehead atoms. The van der Waals surface area contributed by atoms with Gasteiger partial charge in [-0.3, -0.25) is 9.59 Å². The molecular weight excluding hydrogens is 516 g/mol. The highest BCUT2D eigenvalue weighted by Crippen LogP contribution is 2.40. The molecule has 0 aromatic heterocycles. The zero-order valence-corrected chi connectivity index (χ0v) is 22.0. The Bertz CT molecular complexity index is 1300. The molecule has 0 saturated carbocycles. The van der Waals surface area contributed by atoms with E-state index in [0.717, 1.165) is 19.3 Å². The van der Waals surface area contributed by atoms with Crippen molar-refractivity contribution in [3.8, 4) is 11.5 Å². The molecule has 0 aliphatic carbocycles. The molecule has 1 aliphatic heterocycles. The summed E-state index contributed by atoms with van der Waals surface area (Å²) in [7, 11) is 0. The van der Waals surface area contributed by atoms with Gasteiger partial charge in [0.05, 0.1) is 24.5 Å². The van der Waals surface area contributed by atoms with Gasteiger partial charge in [-0.05, 0) is 67.6 Å². The first-order chi connectivity index (χ1) is 19.4. The topological polar surface area (TPSA) is 135 Å². The molecule has 0 radical (unpaired) electrons. The third kappa shape index (κ3) is 8.13. The van der Waals surface area contributed by atoms with Crippen LogP contribution in [0.4, 0.5) is 16.2 Å². The number of nitrogens with zero attached hydrogens (tertiary/aromatic N) is 1. The van der Waals surface area contributed by atoms with Crippen LogP contribution in [-0.2, 0) is 16.0 Å². The lowest BCUT2D eigenvalue weighted by Crippen LogP contribution is -2.43. The number of unbranched alkanes of at least 4 members (excludes halogenated alkanes) is 1. The van der Waals surface area contributed by atoms with Crippen LogP contribution in [-0.4, -0.2) is 54.2 Å². The second-order valence-corrected chi connectivity index (χ2v) is 9.30. The summed E-state index contributed by atoms with van der Waals surface area (Å²) < 4.78 is 16.4. The van der Waals surface area contributed by atoms with Crippen molar-refractivity contribution in [2.75, 3.05) is 29.9 Å². The Balaban J connectivity index is 1.36. The fourth-order valence-corrected chi connectivity index (χ4v) is 4.41. The first-order valence-corrected chi connectivity index (χ1v) is 13.1. The SMILES string of the molecule is O=C(O)CCCN1CC(OC(=O)O)Oc2c(NC(=O)c3ccc(OCCCCc4ccccc4)cc3)cccc21. The van der Waals surface area contributed by atoms with Crippen molar-refractivity contribution in [2.45, 2.75) is 38.4 Å². The number of amides is 1. The summed E-state index contributed by atoms with van der Waals surface area (Å²) in [6, 6.07) is 22.2. The molecule has 0 fully saturated rings. The molecule has 10 nitrogen and oxygen atoms in total. The van der Waals surface area contributed by atoms with Gasteiger partial charge < -0.3 is 34.6 Å². The van der Waals surface area contributed by atoms with Crippen molar-refractivity contribution >= 4 is 29.4 Å². The maximum Gasteiger partial charge on any atom is 0.508 e. The molecule has 1 unspecified atom stereocenters. The third-order valence-electron chi connectivity index (χ3n) is 6.34. The van der Waals surface area contributed by atoms with Crippen LogP contribution < -0.4 is 19.7 Å². The minimum absolute atomic E-state index is 0.0407. The average molecular weight is 549 g/mol. The number of benzene rings is 3. The number of carboxylic acid groups (broad SMARTS) is 2. The Morgan fingerprint density at radius 3 is 2.42 bits per heavy atom. The van der Waals surface area contributed by atoms with Gasteiger partial charge in [0, 0.05) is 18.5 Å². The van der Waals surface area contributed by atoms with Crippen LogP contribution in [0.25, 0.3) is 0 Å². The number of ether oxygens (including phenoxy) is 3. The van der Waals surface area contributed by atoms with Crippen molar-refractivity contribution in [3.63, 3.8) is 0 Å². The third-order valence-corrected chi connectivity index (χ3v) is 6.34. The Hall–Kier alpha value is -4.73. The predicted octanol–water partition coefficient (Wildman–Crippen LogP) is 5.42. The van der Waals surface area contributed by atoms with Crippen LogP contribution in [0.5, 0.6) is 11.5 Å². The molecule has 1 heterocycles. The maximum atomic E-state index is 13.0. The molecule has 3 aromatic rings. The summed E-state index contributed by atoms with van der Waals surface area (Å²) in [4.78, 5) is 36.9. The number of rotatable bonds is 13. The summed E-state index contributed by atoms with van der Waals surface area (Å²) in [5.41, 5.74) is 2.65. The fraction of sp³-hybridized carbons (Fsp3) is 0.300. The summed E-state index contributed by atoms with van der Waals surface area (Å²) in [6.07, 6.45) is 0.586. The summed E-state index contributed by atoms with van der Waals surface area (Å²) in [5.74, 6) is -0.390. The van der Waals surface area contributed by atoms with Gasteiger partial charge in [-0.15, -0.1) is 0 Å². The maximum absolute atomic E-state index is 13.0. The van der Waals surface area contributed by atoms with Crippen molar-refractivity contribution in [1.82, 2.24) is 0 Å². The van der Waals surface area contributed by atoms with E-state index in [1.165, 1.54) is 5.56 Å². The number of hydrogen-bond acceptors (Lipinski definition) is 7. The molecule has 0 spiro atoms. The van der Waals surface area contributed by atoms with Crippen molar-refractivity contribution in [2.24, 2.45) is 0 Å². The van der Waals surface area contributed by atoms with Crippen molar-refractivity contribution in [1.29, 1.82) is 0 Å². The van der Waals surface area contributed by atoms with Gasteiger partial charge in [-0.25, -0.2) is 4.79 Å². The Labute approximate surface area is 232 Å². The van der Waals surface area contributed by atoms with E-state index in [2.05, 4.69) is 17.4 Å². The monoisotopic (exact) mass is 548 g/mol. The quantitative estimate of drug-likeness (QED) is 0.189. The smallest absolute Gasteiger partial charge is 0.494 e. The molecular formula is C30H32N2O8. The van der Waals surface area contributed by atoms with Crippen LogP contribution >= 0.6 is 0 Å². The molecule has 40 heavy (non-hydrogen) atoms. The van der Waals surface area contributed by atoms with E-state index < -0.39 is 18.4 Å². The first-order valence-electron chi connectivity index (χ1n) is 13.1. The molecule has 1 amide bonds. The predicted molar refractivity (Wildman–Crippen MR) is 148 cm³/mol.